The minimum atomic E-state index is 0. The second-order valence-corrected chi connectivity index (χ2v) is 23.4. The van der Waals surface area contributed by atoms with Crippen LogP contribution in [0.5, 0.6) is 0 Å². The molecule has 0 saturated carbocycles. The molecule has 0 aliphatic heterocycles. The van der Waals surface area contributed by atoms with Crippen LogP contribution in [0.25, 0.3) is 43.8 Å². The molecule has 42 heavy (non-hydrogen) atoms. The average Bonchev–Trinajstić information content (AvgIpc) is 3.57. The zero-order valence-corrected chi connectivity index (χ0v) is 31.2. The van der Waals surface area contributed by atoms with Crippen molar-refractivity contribution in [2.45, 2.75) is 52.6 Å². The second kappa shape index (κ2) is 18.4. The van der Waals surface area contributed by atoms with Gasteiger partial charge >= 0.3 is 41.6 Å². The van der Waals surface area contributed by atoms with E-state index in [1.807, 2.05) is 0 Å². The van der Waals surface area contributed by atoms with Gasteiger partial charge in [0.25, 0.3) is 0 Å². The molecule has 6 aromatic rings. The topological polar surface area (TPSA) is 0 Å². The SMILES string of the molecule is CCCc1cc2c(-c3ccccc3)cccc2[cH-]1.CCCc1cc2c(-c3ccccc3)cccc2[cH-]1.C[Si](C)=[Hf+2].[Cl-].[Cl-]. The Morgan fingerprint density at radius 1 is 0.548 bits per heavy atom. The van der Waals surface area contributed by atoms with E-state index in [0.717, 1.165) is 0 Å². The molecule has 0 bridgehead atoms. The van der Waals surface area contributed by atoms with Crippen LogP contribution in [0, 0.1) is 0 Å². The van der Waals surface area contributed by atoms with Gasteiger partial charge in [-0.2, -0.15) is 12.1 Å². The van der Waals surface area contributed by atoms with Crippen LogP contribution in [-0.2, 0) is 35.8 Å². The van der Waals surface area contributed by atoms with Crippen molar-refractivity contribution >= 4 is 27.0 Å². The number of fused-ring (bicyclic) bond motifs is 2. The van der Waals surface area contributed by atoms with Crippen LogP contribution in [-0.4, -0.2) is 5.49 Å². The fourth-order valence-corrected chi connectivity index (χ4v) is 5.20. The van der Waals surface area contributed by atoms with E-state index >= 15 is 0 Å². The molecule has 0 N–H and O–H groups in total. The summed E-state index contributed by atoms with van der Waals surface area (Å²) in [4.78, 5) is 0. The van der Waals surface area contributed by atoms with Crippen molar-refractivity contribution in [2.24, 2.45) is 0 Å². The molecule has 0 spiro atoms. The molecule has 0 unspecified atom stereocenters. The average molecular weight is 774 g/mol. The first-order valence-electron chi connectivity index (χ1n) is 14.5. The summed E-state index contributed by atoms with van der Waals surface area (Å²) < 4.78 is 0. The van der Waals surface area contributed by atoms with Gasteiger partial charge in [-0.05, 0) is 24.0 Å². The van der Waals surface area contributed by atoms with Gasteiger partial charge in [-0.15, -0.1) is 69.1 Å². The van der Waals surface area contributed by atoms with Gasteiger partial charge in [0, 0.05) is 0 Å². The third-order valence-electron chi connectivity index (χ3n) is 6.87. The second-order valence-electron chi connectivity index (χ2n) is 10.6. The maximum Gasteiger partial charge on any atom is -1.00 e. The van der Waals surface area contributed by atoms with Crippen LogP contribution in [0.2, 0.25) is 13.1 Å². The molecule has 0 aromatic heterocycles. The Kier molecular flexibility index (Phi) is 15.8. The van der Waals surface area contributed by atoms with E-state index in [4.69, 9.17) is 0 Å². The van der Waals surface area contributed by atoms with Crippen molar-refractivity contribution in [3.63, 3.8) is 0 Å². The summed E-state index contributed by atoms with van der Waals surface area (Å²) in [6.45, 7) is 9.12. The van der Waals surface area contributed by atoms with Crippen LogP contribution >= 0.6 is 0 Å². The minimum Gasteiger partial charge on any atom is -1.00 e. The molecule has 0 saturated heterocycles. The molecule has 216 valence electrons. The zero-order chi connectivity index (χ0) is 28.3. The quantitative estimate of drug-likeness (QED) is 0.163. The molecule has 4 heteroatoms. The van der Waals surface area contributed by atoms with Gasteiger partial charge in [0.2, 0.25) is 0 Å². The van der Waals surface area contributed by atoms with Gasteiger partial charge in [0.05, 0.1) is 0 Å². The Morgan fingerprint density at radius 2 is 0.905 bits per heavy atom. The molecule has 0 radical (unpaired) electrons. The summed E-state index contributed by atoms with van der Waals surface area (Å²) in [6, 6.07) is 43.8. The van der Waals surface area contributed by atoms with Crippen LogP contribution in [0.4, 0.5) is 0 Å². The first-order valence-corrected chi connectivity index (χ1v) is 22.4. The summed E-state index contributed by atoms with van der Waals surface area (Å²) in [6.07, 6.45) is 4.75. The third kappa shape index (κ3) is 9.91. The third-order valence-corrected chi connectivity index (χ3v) is 6.87. The normalized spacial score (nSPS) is 10.0. The number of halogens is 2. The van der Waals surface area contributed by atoms with Gasteiger partial charge in [0.1, 0.15) is 0 Å². The maximum absolute atomic E-state index is 2.35. The fourth-order valence-electron chi connectivity index (χ4n) is 5.20. The molecule has 0 aliphatic carbocycles. The summed E-state index contributed by atoms with van der Waals surface area (Å²) in [5.41, 5.74) is 8.46. The standard InChI is InChI=1S/2C18H17.C2H6Si.2ClH.Hf/c2*1-2-7-14-12-16-10-6-11-17(18(16)13-14)15-8-4-3-5-9-15;1-3-2;;;/h2*3-6,8-13H,2,7H2,1H3;1-2H3;2*1H;/q2*-1;;;;+2/p-2. The molecule has 0 nitrogen and oxygen atoms in total. The van der Waals surface area contributed by atoms with Crippen LogP contribution in [0.15, 0.2) is 121 Å². The van der Waals surface area contributed by atoms with E-state index in [2.05, 4.69) is 148 Å². The Balaban J connectivity index is 0.000000250. The van der Waals surface area contributed by atoms with Gasteiger partial charge in [-0.3, -0.25) is 0 Å². The van der Waals surface area contributed by atoms with Gasteiger partial charge < -0.3 is 24.8 Å². The molecule has 0 atom stereocenters. The number of hydrogen-bond donors (Lipinski definition) is 0. The Morgan fingerprint density at radius 3 is 1.24 bits per heavy atom. The molecular formula is C38H40Cl2HfSi-2. The molecule has 0 aliphatic rings. The molecule has 0 heterocycles. The number of aryl methyl sites for hydroxylation is 2. The van der Waals surface area contributed by atoms with E-state index in [-0.39, 0.29) is 30.3 Å². The zero-order valence-electron chi connectivity index (χ0n) is 25.1. The Bertz CT molecular complexity index is 1530. The van der Waals surface area contributed by atoms with Gasteiger partial charge in [0.15, 0.2) is 0 Å². The Hall–Kier alpha value is -2.23. The van der Waals surface area contributed by atoms with E-state index in [1.54, 1.807) is 0 Å². The summed E-state index contributed by atoms with van der Waals surface area (Å²) in [5, 5.41) is 5.49. The molecule has 6 rings (SSSR count). The Labute approximate surface area is 280 Å². The number of hydrogen-bond acceptors (Lipinski definition) is 0. The van der Waals surface area contributed by atoms with Crippen molar-refractivity contribution in [3.8, 4) is 22.3 Å². The minimum absolute atomic E-state index is 0. The van der Waals surface area contributed by atoms with Gasteiger partial charge in [-0.25, -0.2) is 0 Å². The van der Waals surface area contributed by atoms with Crippen LogP contribution < -0.4 is 24.8 Å². The first-order chi connectivity index (χ1) is 19.5. The van der Waals surface area contributed by atoms with Crippen LogP contribution in [0.3, 0.4) is 0 Å². The summed E-state index contributed by atoms with van der Waals surface area (Å²) in [5.74, 6) is 0. The first kappa shape index (κ1) is 36.0. The van der Waals surface area contributed by atoms with Crippen LogP contribution in [0.1, 0.15) is 37.8 Å². The predicted octanol–water partition coefficient (Wildman–Crippen LogP) is 5.15. The van der Waals surface area contributed by atoms with Crippen molar-refractivity contribution in [3.05, 3.63) is 132 Å². The summed E-state index contributed by atoms with van der Waals surface area (Å²) >= 11 is 1.45. The van der Waals surface area contributed by atoms with E-state index < -0.39 is 0 Å². The smallest absolute Gasteiger partial charge is 1.00 e. The largest absolute Gasteiger partial charge is 1.00 e. The van der Waals surface area contributed by atoms with Crippen molar-refractivity contribution in [2.75, 3.05) is 0 Å². The number of rotatable bonds is 6. The maximum atomic E-state index is 2.35. The van der Waals surface area contributed by atoms with Crippen molar-refractivity contribution < 1.29 is 47.8 Å². The molecule has 6 aromatic carbocycles. The van der Waals surface area contributed by atoms with E-state index in [1.165, 1.54) is 104 Å². The molecule has 0 amide bonds. The van der Waals surface area contributed by atoms with E-state index in [9.17, 15) is 0 Å². The predicted molar refractivity (Wildman–Crippen MR) is 175 cm³/mol. The van der Waals surface area contributed by atoms with Crippen molar-refractivity contribution in [1.82, 2.24) is 0 Å². The van der Waals surface area contributed by atoms with E-state index in [0.29, 0.717) is 0 Å². The van der Waals surface area contributed by atoms with Gasteiger partial charge in [-0.1, -0.05) is 111 Å². The monoisotopic (exact) mass is 774 g/mol. The molecular weight excluding hydrogens is 734 g/mol. The summed E-state index contributed by atoms with van der Waals surface area (Å²) in [7, 11) is 0. The van der Waals surface area contributed by atoms with Crippen molar-refractivity contribution in [1.29, 1.82) is 0 Å². The molecule has 0 fully saturated rings. The number of benzene rings is 4. The fraction of sp³-hybridized carbons (Fsp3) is 0.211.